The van der Waals surface area contributed by atoms with Crippen LogP contribution >= 0.6 is 0 Å². The molecule has 0 atom stereocenters. The van der Waals surface area contributed by atoms with Crippen LogP contribution in [0.1, 0.15) is 10.4 Å². The number of Topliss-reactive ketones (excluding diaryl/α,β-unsaturated/α-hetero) is 1. The highest BCUT2D eigenvalue weighted by Gasteiger charge is 2.34. The Balaban J connectivity index is 1.79. The van der Waals surface area contributed by atoms with E-state index in [1.165, 1.54) is 17.0 Å². The summed E-state index contributed by atoms with van der Waals surface area (Å²) in [6.45, 7) is 0.160. The van der Waals surface area contributed by atoms with Crippen molar-refractivity contribution in [3.63, 3.8) is 0 Å². The van der Waals surface area contributed by atoms with Crippen molar-refractivity contribution in [3.05, 3.63) is 59.9 Å². The smallest absolute Gasteiger partial charge is 0.300 e. The second-order valence-corrected chi connectivity index (χ2v) is 4.42. The lowest BCUT2D eigenvalue weighted by molar-refractivity contribution is -0.114. The van der Waals surface area contributed by atoms with E-state index in [0.717, 1.165) is 0 Å². The number of carbonyl (C=O) groups is 2. The second kappa shape index (κ2) is 4.77. The number of amides is 1. The van der Waals surface area contributed by atoms with Crippen LogP contribution in [-0.4, -0.2) is 18.4 Å². The third-order valence-electron chi connectivity index (χ3n) is 3.16. The van der Waals surface area contributed by atoms with E-state index in [1.54, 1.807) is 36.4 Å². The van der Waals surface area contributed by atoms with Crippen molar-refractivity contribution in [2.45, 2.75) is 0 Å². The number of carbonyl (C=O) groups excluding carboxylic acids is 2. The molecule has 1 aliphatic heterocycles. The summed E-state index contributed by atoms with van der Waals surface area (Å²) in [6.07, 6.45) is 0. The molecule has 0 aliphatic carbocycles. The van der Waals surface area contributed by atoms with E-state index in [9.17, 15) is 14.0 Å². The van der Waals surface area contributed by atoms with Gasteiger partial charge in [0.15, 0.2) is 0 Å². The SMILES string of the molecule is O=C1C(=O)N(CNc2ccc(F)cc2)c2ccccc21. The molecule has 20 heavy (non-hydrogen) atoms. The number of rotatable bonds is 3. The maximum atomic E-state index is 12.8. The van der Waals surface area contributed by atoms with Gasteiger partial charge in [-0.15, -0.1) is 0 Å². The third-order valence-corrected chi connectivity index (χ3v) is 3.16. The fraction of sp³-hybridized carbons (Fsp3) is 0.0667. The van der Waals surface area contributed by atoms with Gasteiger partial charge in [0.25, 0.3) is 5.78 Å². The summed E-state index contributed by atoms with van der Waals surface area (Å²) in [4.78, 5) is 25.1. The van der Waals surface area contributed by atoms with Crippen LogP contribution in [0.25, 0.3) is 0 Å². The lowest BCUT2D eigenvalue weighted by Gasteiger charge is -2.17. The fourth-order valence-electron chi connectivity index (χ4n) is 2.14. The first kappa shape index (κ1) is 12.3. The van der Waals surface area contributed by atoms with E-state index >= 15 is 0 Å². The molecule has 4 nitrogen and oxygen atoms in total. The number of benzene rings is 2. The van der Waals surface area contributed by atoms with E-state index in [4.69, 9.17) is 0 Å². The van der Waals surface area contributed by atoms with E-state index in [1.807, 2.05) is 0 Å². The molecule has 100 valence electrons. The minimum atomic E-state index is -0.555. The van der Waals surface area contributed by atoms with Gasteiger partial charge >= 0.3 is 5.91 Å². The molecule has 2 aromatic rings. The Hall–Kier alpha value is -2.69. The summed E-state index contributed by atoms with van der Waals surface area (Å²) in [5.41, 5.74) is 1.69. The Labute approximate surface area is 114 Å². The number of halogens is 1. The number of nitrogens with one attached hydrogen (secondary N) is 1. The Morgan fingerprint density at radius 2 is 1.70 bits per heavy atom. The minimum Gasteiger partial charge on any atom is -0.367 e. The van der Waals surface area contributed by atoms with Crippen molar-refractivity contribution < 1.29 is 14.0 Å². The average molecular weight is 270 g/mol. The topological polar surface area (TPSA) is 49.4 Å². The van der Waals surface area contributed by atoms with Crippen LogP contribution in [0.5, 0.6) is 0 Å². The number of anilines is 2. The van der Waals surface area contributed by atoms with Gasteiger partial charge < -0.3 is 5.32 Å². The summed E-state index contributed by atoms with van der Waals surface area (Å²) >= 11 is 0. The summed E-state index contributed by atoms with van der Waals surface area (Å²) in [5, 5.41) is 2.99. The first-order valence-electron chi connectivity index (χ1n) is 6.11. The molecular weight excluding hydrogens is 259 g/mol. The normalized spacial score (nSPS) is 13.6. The van der Waals surface area contributed by atoms with Crippen LogP contribution in [0.3, 0.4) is 0 Å². The highest BCUT2D eigenvalue weighted by Crippen LogP contribution is 2.28. The van der Waals surface area contributed by atoms with Crippen LogP contribution in [-0.2, 0) is 4.79 Å². The zero-order valence-electron chi connectivity index (χ0n) is 10.5. The monoisotopic (exact) mass is 270 g/mol. The van der Waals surface area contributed by atoms with Crippen molar-refractivity contribution in [2.24, 2.45) is 0 Å². The van der Waals surface area contributed by atoms with Crippen molar-refractivity contribution >= 4 is 23.1 Å². The maximum Gasteiger partial charge on any atom is 0.300 e. The van der Waals surface area contributed by atoms with Gasteiger partial charge in [-0.05, 0) is 36.4 Å². The van der Waals surface area contributed by atoms with E-state index in [-0.39, 0.29) is 12.5 Å². The Bertz CT molecular complexity index is 683. The first-order chi connectivity index (χ1) is 9.66. The largest absolute Gasteiger partial charge is 0.367 e. The molecule has 0 spiro atoms. The third kappa shape index (κ3) is 2.03. The molecule has 5 heteroatoms. The summed E-state index contributed by atoms with van der Waals surface area (Å²) in [6, 6.07) is 12.7. The Morgan fingerprint density at radius 1 is 1.00 bits per heavy atom. The van der Waals surface area contributed by atoms with Crippen LogP contribution in [0.4, 0.5) is 15.8 Å². The molecule has 0 saturated heterocycles. The van der Waals surface area contributed by atoms with Crippen LogP contribution < -0.4 is 10.2 Å². The minimum absolute atomic E-state index is 0.160. The van der Waals surface area contributed by atoms with Crippen molar-refractivity contribution in [3.8, 4) is 0 Å². The number of ketones is 1. The molecule has 1 heterocycles. The second-order valence-electron chi connectivity index (χ2n) is 4.42. The Kier molecular flexibility index (Phi) is 2.95. The highest BCUT2D eigenvalue weighted by molar-refractivity contribution is 6.52. The molecule has 2 aromatic carbocycles. The van der Waals surface area contributed by atoms with E-state index < -0.39 is 11.7 Å². The van der Waals surface area contributed by atoms with Gasteiger partial charge in [0.05, 0.1) is 17.9 Å². The summed E-state index contributed by atoms with van der Waals surface area (Å²) in [5.74, 6) is -1.38. The number of fused-ring (bicyclic) bond motifs is 1. The maximum absolute atomic E-state index is 12.8. The molecule has 0 unspecified atom stereocenters. The van der Waals surface area contributed by atoms with Crippen LogP contribution in [0.2, 0.25) is 0 Å². The predicted molar refractivity (Wildman–Crippen MR) is 73.1 cm³/mol. The highest BCUT2D eigenvalue weighted by atomic mass is 19.1. The van der Waals surface area contributed by atoms with Gasteiger partial charge in [-0.25, -0.2) is 4.39 Å². The molecule has 0 aromatic heterocycles. The van der Waals surface area contributed by atoms with Gasteiger partial charge in [0, 0.05) is 5.69 Å². The van der Waals surface area contributed by atoms with Gasteiger partial charge in [0.2, 0.25) is 0 Å². The molecule has 0 bridgehead atoms. The zero-order valence-corrected chi connectivity index (χ0v) is 10.5. The lowest BCUT2D eigenvalue weighted by Crippen LogP contribution is -2.34. The fourth-order valence-corrected chi connectivity index (χ4v) is 2.14. The van der Waals surface area contributed by atoms with Crippen LogP contribution in [0.15, 0.2) is 48.5 Å². The predicted octanol–water partition coefficient (Wildman–Crippen LogP) is 2.42. The van der Waals surface area contributed by atoms with Gasteiger partial charge in [-0.2, -0.15) is 0 Å². The molecular formula is C15H11FN2O2. The first-order valence-corrected chi connectivity index (χ1v) is 6.11. The molecule has 3 rings (SSSR count). The Morgan fingerprint density at radius 3 is 2.45 bits per heavy atom. The van der Waals surface area contributed by atoms with E-state index in [0.29, 0.717) is 16.9 Å². The quantitative estimate of drug-likeness (QED) is 0.871. The number of nitrogens with zero attached hydrogens (tertiary/aromatic N) is 1. The van der Waals surface area contributed by atoms with E-state index in [2.05, 4.69) is 5.32 Å². The molecule has 0 radical (unpaired) electrons. The number of hydrogen-bond acceptors (Lipinski definition) is 3. The molecule has 0 fully saturated rings. The number of hydrogen-bond donors (Lipinski definition) is 1. The average Bonchev–Trinajstić information content (AvgIpc) is 2.71. The van der Waals surface area contributed by atoms with Gasteiger partial charge in [0.1, 0.15) is 5.82 Å². The summed E-state index contributed by atoms with van der Waals surface area (Å²) < 4.78 is 12.8. The zero-order chi connectivity index (χ0) is 14.1. The summed E-state index contributed by atoms with van der Waals surface area (Å²) in [7, 11) is 0. The van der Waals surface area contributed by atoms with Crippen LogP contribution in [0, 0.1) is 5.82 Å². The molecule has 1 N–H and O–H groups in total. The van der Waals surface area contributed by atoms with Crippen molar-refractivity contribution in [1.29, 1.82) is 0 Å². The van der Waals surface area contributed by atoms with Gasteiger partial charge in [-0.1, -0.05) is 12.1 Å². The molecule has 1 aliphatic rings. The van der Waals surface area contributed by atoms with Gasteiger partial charge in [-0.3, -0.25) is 14.5 Å². The lowest BCUT2D eigenvalue weighted by atomic mass is 10.1. The molecule has 1 amide bonds. The van der Waals surface area contributed by atoms with Crippen molar-refractivity contribution in [1.82, 2.24) is 0 Å². The molecule has 0 saturated carbocycles. The standard InChI is InChI=1S/C15H11FN2O2/c16-10-5-7-11(8-6-10)17-9-18-13-4-2-1-3-12(13)14(19)15(18)20/h1-8,17H,9H2. The van der Waals surface area contributed by atoms with Crippen molar-refractivity contribution in [2.75, 3.05) is 16.9 Å². The number of para-hydroxylation sites is 1.